The molecule has 2 atom stereocenters. The highest BCUT2D eigenvalue weighted by Gasteiger charge is 2.31. The van der Waals surface area contributed by atoms with E-state index in [2.05, 4.69) is 21.8 Å². The van der Waals surface area contributed by atoms with Crippen molar-refractivity contribution >= 4 is 12.4 Å². The van der Waals surface area contributed by atoms with Gasteiger partial charge in [-0.25, -0.2) is 0 Å². The predicted octanol–water partition coefficient (Wildman–Crippen LogP) is 3.65. The minimum Gasteiger partial charge on any atom is -0.497 e. The zero-order chi connectivity index (χ0) is 17.8. The molecule has 142 valence electrons. The second-order valence-electron chi connectivity index (χ2n) is 6.23. The van der Waals surface area contributed by atoms with Gasteiger partial charge < -0.3 is 15.2 Å². The Hall–Kier alpha value is -1.89. The quantitative estimate of drug-likeness (QED) is 0.826. The van der Waals surface area contributed by atoms with Crippen molar-refractivity contribution < 1.29 is 18.3 Å². The minimum atomic E-state index is -2.86. The molecule has 7 heteroatoms. The molecule has 2 aromatic rings. The molecule has 4 nitrogen and oxygen atoms in total. The van der Waals surface area contributed by atoms with E-state index in [0.717, 1.165) is 6.54 Å². The van der Waals surface area contributed by atoms with E-state index < -0.39 is 6.61 Å². The van der Waals surface area contributed by atoms with Crippen LogP contribution in [0.3, 0.4) is 0 Å². The number of rotatable bonds is 6. The average Bonchev–Trinajstić information content (AvgIpc) is 2.97. The van der Waals surface area contributed by atoms with Crippen LogP contribution in [0.15, 0.2) is 48.5 Å². The Morgan fingerprint density at radius 3 is 2.54 bits per heavy atom. The van der Waals surface area contributed by atoms with Crippen LogP contribution in [0.5, 0.6) is 11.5 Å². The van der Waals surface area contributed by atoms with Crippen molar-refractivity contribution in [1.29, 1.82) is 0 Å². The van der Waals surface area contributed by atoms with Gasteiger partial charge in [0.2, 0.25) is 0 Å². The Balaban J connectivity index is 0.00000243. The Bertz CT molecular complexity index is 703. The third-order valence-electron chi connectivity index (χ3n) is 4.55. The summed E-state index contributed by atoms with van der Waals surface area (Å²) in [6.45, 7) is -0.900. The molecule has 0 bridgehead atoms. The van der Waals surface area contributed by atoms with Crippen molar-refractivity contribution in [3.05, 3.63) is 59.7 Å². The molecule has 3 rings (SSSR count). The Morgan fingerprint density at radius 1 is 1.15 bits per heavy atom. The Kier molecular flexibility index (Phi) is 7.20. The molecule has 0 spiro atoms. The number of nitrogens with zero attached hydrogens (tertiary/aromatic N) is 1. The highest BCUT2D eigenvalue weighted by molar-refractivity contribution is 5.85. The predicted molar refractivity (Wildman–Crippen MR) is 99.3 cm³/mol. The van der Waals surface area contributed by atoms with Crippen molar-refractivity contribution in [2.75, 3.05) is 20.2 Å². The van der Waals surface area contributed by atoms with E-state index >= 15 is 0 Å². The molecule has 2 N–H and O–H groups in total. The van der Waals surface area contributed by atoms with Crippen LogP contribution in [0, 0.1) is 0 Å². The number of ether oxygens (including phenoxy) is 2. The van der Waals surface area contributed by atoms with Crippen LogP contribution in [0.4, 0.5) is 8.78 Å². The molecule has 26 heavy (non-hydrogen) atoms. The normalized spacial score (nSPS) is 20.0. The first-order valence-corrected chi connectivity index (χ1v) is 8.21. The Morgan fingerprint density at radius 2 is 1.88 bits per heavy atom. The van der Waals surface area contributed by atoms with Gasteiger partial charge in [0.05, 0.1) is 7.11 Å². The number of hydrogen-bond acceptors (Lipinski definition) is 4. The van der Waals surface area contributed by atoms with Gasteiger partial charge in [-0.15, -0.1) is 12.4 Å². The van der Waals surface area contributed by atoms with Gasteiger partial charge in [0.25, 0.3) is 0 Å². The second-order valence-corrected chi connectivity index (χ2v) is 6.23. The van der Waals surface area contributed by atoms with Crippen molar-refractivity contribution in [3.8, 4) is 11.5 Å². The van der Waals surface area contributed by atoms with E-state index in [1.807, 2.05) is 18.2 Å². The lowest BCUT2D eigenvalue weighted by atomic mass is 9.95. The lowest BCUT2D eigenvalue weighted by molar-refractivity contribution is -0.0507. The summed E-state index contributed by atoms with van der Waals surface area (Å²) in [5, 5.41) is 0. The van der Waals surface area contributed by atoms with E-state index in [1.54, 1.807) is 19.2 Å². The minimum absolute atomic E-state index is 0. The number of hydrogen-bond donors (Lipinski definition) is 1. The van der Waals surface area contributed by atoms with Gasteiger partial charge in [-0.3, -0.25) is 4.90 Å². The highest BCUT2D eigenvalue weighted by Crippen LogP contribution is 2.31. The molecular weight excluding hydrogens is 362 g/mol. The van der Waals surface area contributed by atoms with E-state index in [9.17, 15) is 8.78 Å². The van der Waals surface area contributed by atoms with Crippen LogP contribution in [0.25, 0.3) is 0 Å². The zero-order valence-electron chi connectivity index (χ0n) is 14.5. The zero-order valence-corrected chi connectivity index (χ0v) is 15.3. The first-order chi connectivity index (χ1) is 12.1. The molecule has 1 fully saturated rings. The van der Waals surface area contributed by atoms with E-state index in [0.29, 0.717) is 24.4 Å². The molecule has 0 saturated carbocycles. The number of likely N-dealkylation sites (tertiary alicyclic amines) is 1. The van der Waals surface area contributed by atoms with Gasteiger partial charge in [0.1, 0.15) is 11.5 Å². The largest absolute Gasteiger partial charge is 0.497 e. The van der Waals surface area contributed by atoms with Gasteiger partial charge in [-0.1, -0.05) is 30.3 Å². The summed E-state index contributed by atoms with van der Waals surface area (Å²) in [6, 6.07) is 15.0. The summed E-state index contributed by atoms with van der Waals surface area (Å²) in [5.74, 6) is 1.01. The topological polar surface area (TPSA) is 47.7 Å². The third-order valence-corrected chi connectivity index (χ3v) is 4.55. The van der Waals surface area contributed by atoms with E-state index in [-0.39, 0.29) is 30.1 Å². The number of halogens is 3. The number of benzene rings is 2. The maximum Gasteiger partial charge on any atom is 0.387 e. The van der Waals surface area contributed by atoms with Gasteiger partial charge in [-0.05, 0) is 23.8 Å². The summed E-state index contributed by atoms with van der Waals surface area (Å²) in [4.78, 5) is 2.16. The fourth-order valence-corrected chi connectivity index (χ4v) is 3.35. The highest BCUT2D eigenvalue weighted by atomic mass is 35.5. The SMILES string of the molecule is COc1ccc(OC(F)F)c(CN2C[C@@H](N)[C@H](c3ccccc3)C2)c1.Cl. The Labute approximate surface area is 158 Å². The molecule has 1 aliphatic rings. The molecule has 2 aromatic carbocycles. The maximum absolute atomic E-state index is 12.7. The molecule has 0 aliphatic carbocycles. The van der Waals surface area contributed by atoms with Gasteiger partial charge >= 0.3 is 6.61 Å². The first-order valence-electron chi connectivity index (χ1n) is 8.21. The fraction of sp³-hybridized carbons (Fsp3) is 0.368. The molecule has 0 unspecified atom stereocenters. The molecule has 1 saturated heterocycles. The lowest BCUT2D eigenvalue weighted by Crippen LogP contribution is -2.28. The van der Waals surface area contributed by atoms with Gasteiger partial charge in [0.15, 0.2) is 0 Å². The van der Waals surface area contributed by atoms with Crippen LogP contribution in [-0.4, -0.2) is 37.8 Å². The summed E-state index contributed by atoms with van der Waals surface area (Å²) in [5.41, 5.74) is 8.18. The molecule has 0 radical (unpaired) electrons. The van der Waals surface area contributed by atoms with Crippen molar-refractivity contribution in [1.82, 2.24) is 4.90 Å². The monoisotopic (exact) mass is 384 g/mol. The standard InChI is InChI=1S/C19H22F2N2O2.ClH/c1-24-15-7-8-18(25-19(20)21)14(9-15)10-23-11-16(17(22)12-23)13-5-3-2-4-6-13;/h2-9,16-17,19H,10-12,22H2,1H3;1H/t16-,17+;/m0./s1. The molecular formula is C19H23ClF2N2O2. The summed E-state index contributed by atoms with van der Waals surface area (Å²) in [7, 11) is 1.55. The summed E-state index contributed by atoms with van der Waals surface area (Å²) >= 11 is 0. The van der Waals surface area contributed by atoms with E-state index in [4.69, 9.17) is 10.5 Å². The van der Waals surface area contributed by atoms with Crippen LogP contribution in [-0.2, 0) is 6.54 Å². The van der Waals surface area contributed by atoms with E-state index in [1.165, 1.54) is 11.6 Å². The van der Waals surface area contributed by atoms with Crippen molar-refractivity contribution in [3.63, 3.8) is 0 Å². The van der Waals surface area contributed by atoms with Crippen LogP contribution >= 0.6 is 12.4 Å². The molecule has 1 heterocycles. The maximum atomic E-state index is 12.7. The fourth-order valence-electron chi connectivity index (χ4n) is 3.35. The molecule has 0 amide bonds. The van der Waals surface area contributed by atoms with Crippen molar-refractivity contribution in [2.45, 2.75) is 25.1 Å². The summed E-state index contributed by atoms with van der Waals surface area (Å²) in [6.07, 6.45) is 0. The van der Waals surface area contributed by atoms with Crippen LogP contribution in [0.2, 0.25) is 0 Å². The van der Waals surface area contributed by atoms with Crippen molar-refractivity contribution in [2.24, 2.45) is 5.73 Å². The number of nitrogens with two attached hydrogens (primary N) is 1. The molecule has 0 aromatic heterocycles. The van der Waals surface area contributed by atoms with Gasteiger partial charge in [0, 0.05) is 37.2 Å². The van der Waals surface area contributed by atoms with Crippen LogP contribution < -0.4 is 15.2 Å². The smallest absolute Gasteiger partial charge is 0.387 e. The third kappa shape index (κ3) is 4.84. The number of alkyl halides is 2. The average molecular weight is 385 g/mol. The summed E-state index contributed by atoms with van der Waals surface area (Å²) < 4.78 is 35.2. The van der Waals surface area contributed by atoms with Gasteiger partial charge in [-0.2, -0.15) is 8.78 Å². The first kappa shape index (κ1) is 20.4. The number of methoxy groups -OCH3 is 1. The second kappa shape index (κ2) is 9.16. The van der Waals surface area contributed by atoms with Crippen LogP contribution in [0.1, 0.15) is 17.0 Å². The molecule has 1 aliphatic heterocycles. The lowest BCUT2D eigenvalue weighted by Gasteiger charge is -2.19.